The highest BCUT2D eigenvalue weighted by Crippen LogP contribution is 2.24. The van der Waals surface area contributed by atoms with Crippen LogP contribution < -0.4 is 10.6 Å². The third-order valence-corrected chi connectivity index (χ3v) is 4.93. The Morgan fingerprint density at radius 2 is 2.04 bits per heavy atom. The molecule has 6 nitrogen and oxygen atoms in total. The van der Waals surface area contributed by atoms with Gasteiger partial charge in [0.15, 0.2) is 5.96 Å². The molecule has 160 valence electrons. The zero-order chi connectivity index (χ0) is 19.7. The van der Waals surface area contributed by atoms with Gasteiger partial charge < -0.3 is 20.1 Å². The van der Waals surface area contributed by atoms with Gasteiger partial charge in [0.2, 0.25) is 0 Å². The monoisotopic (exact) mass is 524 g/mol. The second kappa shape index (κ2) is 12.8. The predicted molar refractivity (Wildman–Crippen MR) is 127 cm³/mol. The summed E-state index contributed by atoms with van der Waals surface area (Å²) in [6.07, 6.45) is 0. The quantitative estimate of drug-likeness (QED) is 0.310. The average molecular weight is 525 g/mol. The summed E-state index contributed by atoms with van der Waals surface area (Å²) in [4.78, 5) is 7.12. The van der Waals surface area contributed by atoms with Crippen LogP contribution in [0.4, 0.5) is 0 Å². The molecule has 0 saturated carbocycles. The Bertz CT molecular complexity index is 610. The van der Waals surface area contributed by atoms with Crippen LogP contribution in [0.25, 0.3) is 0 Å². The molecule has 0 bridgehead atoms. The van der Waals surface area contributed by atoms with Crippen molar-refractivity contribution in [3.8, 4) is 0 Å². The minimum Gasteiger partial charge on any atom is -0.379 e. The van der Waals surface area contributed by atoms with Crippen LogP contribution in [0.1, 0.15) is 32.4 Å². The highest BCUT2D eigenvalue weighted by molar-refractivity contribution is 14.0. The SMILES string of the molecule is CCNC(=NCC(C)(C)OC)NCC(c1cccc(Cl)c1)N1CCOCC1.I. The molecule has 0 aliphatic carbocycles. The van der Waals surface area contributed by atoms with E-state index in [1.54, 1.807) is 7.11 Å². The summed E-state index contributed by atoms with van der Waals surface area (Å²) in [5, 5.41) is 7.56. The highest BCUT2D eigenvalue weighted by atomic mass is 127. The van der Waals surface area contributed by atoms with E-state index >= 15 is 0 Å². The number of ether oxygens (including phenoxy) is 2. The van der Waals surface area contributed by atoms with Gasteiger partial charge in [0.25, 0.3) is 0 Å². The second-order valence-corrected chi connectivity index (χ2v) is 7.70. The fraction of sp³-hybridized carbons (Fsp3) is 0.650. The number of nitrogens with one attached hydrogen (secondary N) is 2. The van der Waals surface area contributed by atoms with Crippen molar-refractivity contribution in [2.75, 3.05) is 53.0 Å². The maximum Gasteiger partial charge on any atom is 0.191 e. The largest absolute Gasteiger partial charge is 0.379 e. The van der Waals surface area contributed by atoms with Gasteiger partial charge in [0.1, 0.15) is 0 Å². The van der Waals surface area contributed by atoms with Crippen molar-refractivity contribution in [2.45, 2.75) is 32.4 Å². The predicted octanol–water partition coefficient (Wildman–Crippen LogP) is 3.31. The number of hydrogen-bond donors (Lipinski definition) is 2. The molecule has 1 fully saturated rings. The summed E-state index contributed by atoms with van der Waals surface area (Å²) >= 11 is 6.24. The fourth-order valence-corrected chi connectivity index (χ4v) is 3.13. The molecule has 1 heterocycles. The lowest BCUT2D eigenvalue weighted by Crippen LogP contribution is -2.46. The van der Waals surface area contributed by atoms with Gasteiger partial charge in [0.05, 0.1) is 31.4 Å². The molecular weight excluding hydrogens is 491 g/mol. The number of rotatable bonds is 8. The molecule has 0 amide bonds. The van der Waals surface area contributed by atoms with Crippen molar-refractivity contribution in [3.63, 3.8) is 0 Å². The Kier molecular flexibility index (Phi) is 11.7. The van der Waals surface area contributed by atoms with Crippen LogP contribution >= 0.6 is 35.6 Å². The number of halogens is 2. The van der Waals surface area contributed by atoms with Gasteiger partial charge in [-0.05, 0) is 38.5 Å². The van der Waals surface area contributed by atoms with Crippen LogP contribution in [0.5, 0.6) is 0 Å². The van der Waals surface area contributed by atoms with Crippen molar-refractivity contribution in [1.82, 2.24) is 15.5 Å². The van der Waals surface area contributed by atoms with Gasteiger partial charge in [-0.25, -0.2) is 0 Å². The van der Waals surface area contributed by atoms with Gasteiger partial charge in [-0.1, -0.05) is 23.7 Å². The lowest BCUT2D eigenvalue weighted by atomic mass is 10.0. The lowest BCUT2D eigenvalue weighted by Gasteiger charge is -2.35. The maximum absolute atomic E-state index is 6.24. The topological polar surface area (TPSA) is 58.1 Å². The molecule has 0 aromatic heterocycles. The number of benzene rings is 1. The van der Waals surface area contributed by atoms with E-state index in [9.17, 15) is 0 Å². The summed E-state index contributed by atoms with van der Waals surface area (Å²) in [6.45, 7) is 11.6. The van der Waals surface area contributed by atoms with E-state index in [0.29, 0.717) is 6.54 Å². The van der Waals surface area contributed by atoms with Crippen LogP contribution in [-0.2, 0) is 9.47 Å². The first-order chi connectivity index (χ1) is 12.9. The molecule has 2 N–H and O–H groups in total. The van der Waals surface area contributed by atoms with Crippen molar-refractivity contribution in [3.05, 3.63) is 34.9 Å². The Morgan fingerprint density at radius 3 is 2.64 bits per heavy atom. The van der Waals surface area contributed by atoms with Crippen LogP contribution in [0.3, 0.4) is 0 Å². The summed E-state index contributed by atoms with van der Waals surface area (Å²) in [6, 6.07) is 8.29. The number of aliphatic imine (C=N–C) groups is 1. The molecule has 1 atom stereocenters. The van der Waals surface area contributed by atoms with E-state index < -0.39 is 0 Å². The molecule has 0 spiro atoms. The Labute approximate surface area is 191 Å². The number of methoxy groups -OCH3 is 1. The molecule has 0 radical (unpaired) electrons. The third-order valence-electron chi connectivity index (χ3n) is 4.70. The van der Waals surface area contributed by atoms with Crippen molar-refractivity contribution < 1.29 is 9.47 Å². The standard InChI is InChI=1S/C20H33ClN4O2.HI/c1-5-22-19(24-15-20(2,3)26-4)23-14-18(25-9-11-27-12-10-25)16-7-6-8-17(21)13-16;/h6-8,13,18H,5,9-12,14-15H2,1-4H3,(H2,22,23,24);1H. The first kappa shape index (κ1) is 25.4. The highest BCUT2D eigenvalue weighted by Gasteiger charge is 2.23. The van der Waals surface area contributed by atoms with E-state index in [4.69, 9.17) is 21.1 Å². The summed E-state index contributed by atoms with van der Waals surface area (Å²) in [5.41, 5.74) is 0.906. The normalized spacial score (nSPS) is 17.0. The van der Waals surface area contributed by atoms with Crippen LogP contribution in [0.15, 0.2) is 29.3 Å². The molecule has 28 heavy (non-hydrogen) atoms. The van der Waals surface area contributed by atoms with Gasteiger partial charge in [-0.3, -0.25) is 9.89 Å². The number of guanidine groups is 1. The Balaban J connectivity index is 0.00000392. The second-order valence-electron chi connectivity index (χ2n) is 7.26. The van der Waals surface area contributed by atoms with Gasteiger partial charge >= 0.3 is 0 Å². The molecule has 1 saturated heterocycles. The number of nitrogens with zero attached hydrogens (tertiary/aromatic N) is 2. The molecule has 1 aromatic rings. The van der Waals surface area contributed by atoms with E-state index in [2.05, 4.69) is 33.5 Å². The average Bonchev–Trinajstić information content (AvgIpc) is 2.67. The van der Waals surface area contributed by atoms with Crippen molar-refractivity contribution >= 4 is 41.5 Å². The zero-order valence-corrected chi connectivity index (χ0v) is 20.4. The smallest absolute Gasteiger partial charge is 0.191 e. The molecular formula is C20H34ClIN4O2. The van der Waals surface area contributed by atoms with Crippen molar-refractivity contribution in [1.29, 1.82) is 0 Å². The van der Waals surface area contributed by atoms with E-state index in [-0.39, 0.29) is 35.6 Å². The first-order valence-corrected chi connectivity index (χ1v) is 9.97. The van der Waals surface area contributed by atoms with Crippen LogP contribution in [0, 0.1) is 0 Å². The number of morpholine rings is 1. The van der Waals surface area contributed by atoms with Gasteiger partial charge in [-0.15, -0.1) is 24.0 Å². The number of hydrogen-bond acceptors (Lipinski definition) is 4. The molecule has 1 aromatic carbocycles. The molecule has 1 aliphatic rings. The molecule has 2 rings (SSSR count). The van der Waals surface area contributed by atoms with E-state index in [1.165, 1.54) is 5.56 Å². The zero-order valence-electron chi connectivity index (χ0n) is 17.3. The first-order valence-electron chi connectivity index (χ1n) is 9.60. The van der Waals surface area contributed by atoms with E-state index in [0.717, 1.165) is 50.4 Å². The Hall–Kier alpha value is -0.610. The molecule has 1 unspecified atom stereocenters. The van der Waals surface area contributed by atoms with Crippen LogP contribution in [0.2, 0.25) is 5.02 Å². The van der Waals surface area contributed by atoms with Crippen LogP contribution in [-0.4, -0.2) is 69.5 Å². The van der Waals surface area contributed by atoms with Crippen molar-refractivity contribution in [2.24, 2.45) is 4.99 Å². The maximum atomic E-state index is 6.24. The summed E-state index contributed by atoms with van der Waals surface area (Å²) in [5.74, 6) is 0.794. The third kappa shape index (κ3) is 8.41. The Morgan fingerprint density at radius 1 is 1.32 bits per heavy atom. The minimum atomic E-state index is -0.293. The molecule has 1 aliphatic heterocycles. The molecule has 8 heteroatoms. The summed E-state index contributed by atoms with van der Waals surface area (Å²) in [7, 11) is 1.71. The lowest BCUT2D eigenvalue weighted by molar-refractivity contribution is 0.0169. The minimum absolute atomic E-state index is 0. The fourth-order valence-electron chi connectivity index (χ4n) is 2.93. The van der Waals surface area contributed by atoms with Gasteiger partial charge in [0, 0.05) is 38.3 Å². The summed E-state index contributed by atoms with van der Waals surface area (Å²) < 4.78 is 11.0. The van der Waals surface area contributed by atoms with Gasteiger partial charge in [-0.2, -0.15) is 0 Å². The van der Waals surface area contributed by atoms with E-state index in [1.807, 2.05) is 32.0 Å².